The van der Waals surface area contributed by atoms with Gasteiger partial charge in [-0.05, 0) is 24.3 Å². The van der Waals surface area contributed by atoms with Crippen LogP contribution in [0.15, 0.2) is 48.8 Å². The van der Waals surface area contributed by atoms with E-state index < -0.39 is 5.97 Å². The Kier molecular flexibility index (Phi) is 2.49. The van der Waals surface area contributed by atoms with Gasteiger partial charge in [-0.25, -0.2) is 4.79 Å². The second kappa shape index (κ2) is 4.29. The van der Waals surface area contributed by atoms with Crippen molar-refractivity contribution in [2.45, 2.75) is 0 Å². The van der Waals surface area contributed by atoms with Crippen LogP contribution in [0.25, 0.3) is 11.0 Å². The molecule has 18 heavy (non-hydrogen) atoms. The summed E-state index contributed by atoms with van der Waals surface area (Å²) in [6.07, 6.45) is 3.04. The lowest BCUT2D eigenvalue weighted by Crippen LogP contribution is -2.09. The molecule has 5 nitrogen and oxygen atoms in total. The highest BCUT2D eigenvalue weighted by molar-refractivity contribution is 5.90. The maximum atomic E-state index is 11.8. The Labute approximate surface area is 102 Å². The van der Waals surface area contributed by atoms with Crippen LogP contribution in [-0.4, -0.2) is 20.9 Å². The van der Waals surface area contributed by atoms with Crippen LogP contribution in [0.4, 0.5) is 0 Å². The van der Waals surface area contributed by atoms with Crippen molar-refractivity contribution < 1.29 is 9.53 Å². The topological polar surface area (TPSA) is 67.9 Å². The lowest BCUT2D eigenvalue weighted by Gasteiger charge is -1.98. The largest absolute Gasteiger partial charge is 0.388 e. The van der Waals surface area contributed by atoms with E-state index in [1.165, 1.54) is 6.20 Å². The van der Waals surface area contributed by atoms with Gasteiger partial charge < -0.3 is 9.72 Å². The first-order valence-corrected chi connectivity index (χ1v) is 5.40. The molecule has 0 aliphatic rings. The first-order chi connectivity index (χ1) is 8.83. The number of nitrogens with one attached hydrogen (secondary N) is 1. The molecule has 0 atom stereocenters. The van der Waals surface area contributed by atoms with E-state index in [1.54, 1.807) is 18.3 Å². The molecule has 0 saturated heterocycles. The Morgan fingerprint density at radius 1 is 1.17 bits per heavy atom. The first kappa shape index (κ1) is 10.5. The highest BCUT2D eigenvalue weighted by atomic mass is 16.5. The number of nitrogens with zero attached hydrogens (tertiary/aromatic N) is 2. The molecule has 0 unspecified atom stereocenters. The zero-order chi connectivity index (χ0) is 12.4. The summed E-state index contributed by atoms with van der Waals surface area (Å²) in [7, 11) is 0. The van der Waals surface area contributed by atoms with Gasteiger partial charge in [0.2, 0.25) is 0 Å². The van der Waals surface area contributed by atoms with Crippen molar-refractivity contribution in [3.05, 3.63) is 54.4 Å². The molecular weight excluding hydrogens is 230 g/mol. The third-order valence-corrected chi connectivity index (χ3v) is 2.45. The number of ether oxygens (including phenoxy) is 1. The standard InChI is InChI=1S/C13H9N3O2/c17-12(9-4-3-7-14-8-9)18-13-15-10-5-1-2-6-11(10)16-13/h1-8H,(H,15,16). The lowest BCUT2D eigenvalue weighted by molar-refractivity contribution is 0.0721. The minimum Gasteiger partial charge on any atom is -0.388 e. The van der Waals surface area contributed by atoms with Crippen molar-refractivity contribution >= 4 is 17.0 Å². The van der Waals surface area contributed by atoms with Crippen LogP contribution in [0.5, 0.6) is 6.01 Å². The van der Waals surface area contributed by atoms with Gasteiger partial charge in [0.1, 0.15) is 0 Å². The van der Waals surface area contributed by atoms with Crippen molar-refractivity contribution in [1.82, 2.24) is 15.0 Å². The number of imidazole rings is 1. The van der Waals surface area contributed by atoms with Crippen LogP contribution in [0.2, 0.25) is 0 Å². The molecule has 2 aromatic heterocycles. The Balaban J connectivity index is 1.86. The second-order valence-corrected chi connectivity index (χ2v) is 3.69. The zero-order valence-electron chi connectivity index (χ0n) is 9.33. The first-order valence-electron chi connectivity index (χ1n) is 5.40. The molecular formula is C13H9N3O2. The quantitative estimate of drug-likeness (QED) is 0.696. The Bertz CT molecular complexity index is 659. The van der Waals surface area contributed by atoms with E-state index >= 15 is 0 Å². The van der Waals surface area contributed by atoms with Crippen molar-refractivity contribution in [3.63, 3.8) is 0 Å². The molecule has 0 spiro atoms. The molecule has 0 radical (unpaired) electrons. The van der Waals surface area contributed by atoms with Gasteiger partial charge in [0, 0.05) is 12.4 Å². The molecule has 1 aromatic carbocycles. The lowest BCUT2D eigenvalue weighted by atomic mass is 10.3. The smallest absolute Gasteiger partial charge is 0.347 e. The van der Waals surface area contributed by atoms with E-state index in [0.29, 0.717) is 5.56 Å². The normalized spacial score (nSPS) is 10.4. The number of aromatic amines is 1. The fraction of sp³-hybridized carbons (Fsp3) is 0. The number of H-pyrrole nitrogens is 1. The molecule has 3 rings (SSSR count). The molecule has 0 fully saturated rings. The monoisotopic (exact) mass is 239 g/mol. The summed E-state index contributed by atoms with van der Waals surface area (Å²) in [5.74, 6) is -0.484. The molecule has 5 heteroatoms. The Morgan fingerprint density at radius 2 is 2.06 bits per heavy atom. The predicted octanol–water partition coefficient (Wildman–Crippen LogP) is 2.18. The Morgan fingerprint density at radius 3 is 2.83 bits per heavy atom. The van der Waals surface area contributed by atoms with Crippen LogP contribution in [0.3, 0.4) is 0 Å². The molecule has 2 heterocycles. The SMILES string of the molecule is O=C(Oc1nc2ccccc2[nH]1)c1cccnc1. The molecule has 0 amide bonds. The van der Waals surface area contributed by atoms with Crippen LogP contribution in [0.1, 0.15) is 10.4 Å². The molecule has 0 bridgehead atoms. The van der Waals surface area contributed by atoms with E-state index in [-0.39, 0.29) is 6.01 Å². The van der Waals surface area contributed by atoms with E-state index in [0.717, 1.165) is 11.0 Å². The second-order valence-electron chi connectivity index (χ2n) is 3.69. The van der Waals surface area contributed by atoms with Crippen molar-refractivity contribution in [2.75, 3.05) is 0 Å². The fourth-order valence-corrected chi connectivity index (χ4v) is 1.61. The number of aromatic nitrogens is 3. The van der Waals surface area contributed by atoms with Crippen molar-refractivity contribution in [1.29, 1.82) is 0 Å². The summed E-state index contributed by atoms with van der Waals surface area (Å²) in [4.78, 5) is 22.7. The number of hydrogen-bond acceptors (Lipinski definition) is 4. The maximum Gasteiger partial charge on any atom is 0.347 e. The maximum absolute atomic E-state index is 11.8. The summed E-state index contributed by atoms with van der Waals surface area (Å²) in [5.41, 5.74) is 1.97. The minimum atomic E-state index is -0.484. The number of hydrogen-bond donors (Lipinski definition) is 1. The van der Waals surface area contributed by atoms with Gasteiger partial charge in [0.25, 0.3) is 0 Å². The number of rotatable bonds is 2. The van der Waals surface area contributed by atoms with Crippen LogP contribution in [0, 0.1) is 0 Å². The van der Waals surface area contributed by atoms with Crippen LogP contribution < -0.4 is 4.74 Å². The van der Waals surface area contributed by atoms with E-state index in [4.69, 9.17) is 4.74 Å². The number of carbonyl (C=O) groups excluding carboxylic acids is 1. The number of fused-ring (bicyclic) bond motifs is 1. The van der Waals surface area contributed by atoms with E-state index in [2.05, 4.69) is 15.0 Å². The number of para-hydroxylation sites is 2. The Hall–Kier alpha value is -2.69. The van der Waals surface area contributed by atoms with Gasteiger partial charge in [-0.2, -0.15) is 4.98 Å². The average Bonchev–Trinajstić information content (AvgIpc) is 2.82. The number of carbonyl (C=O) groups is 1. The number of esters is 1. The van der Waals surface area contributed by atoms with Gasteiger partial charge in [0.05, 0.1) is 16.6 Å². The van der Waals surface area contributed by atoms with Crippen LogP contribution in [-0.2, 0) is 0 Å². The molecule has 0 aliphatic carbocycles. The number of benzene rings is 1. The zero-order valence-corrected chi connectivity index (χ0v) is 9.33. The molecule has 0 saturated carbocycles. The number of pyridine rings is 1. The molecule has 3 aromatic rings. The third-order valence-electron chi connectivity index (χ3n) is 2.45. The van der Waals surface area contributed by atoms with E-state index in [9.17, 15) is 4.79 Å². The summed E-state index contributed by atoms with van der Waals surface area (Å²) < 4.78 is 5.14. The van der Waals surface area contributed by atoms with Gasteiger partial charge in [-0.3, -0.25) is 4.98 Å². The van der Waals surface area contributed by atoms with Crippen LogP contribution >= 0.6 is 0 Å². The summed E-state index contributed by atoms with van der Waals surface area (Å²) in [5, 5.41) is 0. The average molecular weight is 239 g/mol. The predicted molar refractivity (Wildman–Crippen MR) is 65.3 cm³/mol. The molecule has 0 aliphatic heterocycles. The summed E-state index contributed by atoms with van der Waals surface area (Å²) in [6.45, 7) is 0. The molecule has 1 N–H and O–H groups in total. The van der Waals surface area contributed by atoms with E-state index in [1.807, 2.05) is 24.3 Å². The van der Waals surface area contributed by atoms with Gasteiger partial charge in [0.15, 0.2) is 0 Å². The van der Waals surface area contributed by atoms with Gasteiger partial charge in [-0.15, -0.1) is 0 Å². The minimum absolute atomic E-state index is 0.185. The van der Waals surface area contributed by atoms with Crippen molar-refractivity contribution in [3.8, 4) is 6.01 Å². The fourth-order valence-electron chi connectivity index (χ4n) is 1.61. The van der Waals surface area contributed by atoms with Gasteiger partial charge in [-0.1, -0.05) is 12.1 Å². The highest BCUT2D eigenvalue weighted by Gasteiger charge is 2.11. The summed E-state index contributed by atoms with van der Waals surface area (Å²) in [6, 6.07) is 11.0. The highest BCUT2D eigenvalue weighted by Crippen LogP contribution is 2.15. The summed E-state index contributed by atoms with van der Waals surface area (Å²) >= 11 is 0. The third kappa shape index (κ3) is 1.93. The van der Waals surface area contributed by atoms with Gasteiger partial charge >= 0.3 is 12.0 Å². The van der Waals surface area contributed by atoms with Crippen molar-refractivity contribution in [2.24, 2.45) is 0 Å². The molecule has 88 valence electrons.